The molecule has 0 N–H and O–H groups in total. The van der Waals surface area contributed by atoms with E-state index in [-0.39, 0.29) is 0 Å². The van der Waals surface area contributed by atoms with Gasteiger partial charge in [-0.05, 0) is 34.5 Å². The Balaban J connectivity index is 0. The molecule has 0 saturated heterocycles. The third-order valence-electron chi connectivity index (χ3n) is 2.28. The van der Waals surface area contributed by atoms with Crippen LogP contribution in [0.5, 0.6) is 0 Å². The standard InChI is InChI=1S/C8H16Br2.C5H10I2/c9-7-5-3-1-2-4-6-8-10;6-4-2-1-3-5-7/h1-8H2;1-5H2. The summed E-state index contributed by atoms with van der Waals surface area (Å²) in [7, 11) is 0. The zero-order valence-electron chi connectivity index (χ0n) is 10.7. The monoisotopic (exact) mass is 594 g/mol. The molecule has 0 saturated carbocycles. The molecule has 0 fully saturated rings. The Hall–Kier alpha value is 2.42. The SMILES string of the molecule is BrCCCCCCCCBr.ICCCCCI. The van der Waals surface area contributed by atoms with Gasteiger partial charge in [-0.25, -0.2) is 0 Å². The van der Waals surface area contributed by atoms with Crippen LogP contribution in [0.15, 0.2) is 0 Å². The molecule has 0 aliphatic heterocycles. The number of alkyl halides is 4. The van der Waals surface area contributed by atoms with Gasteiger partial charge in [-0.1, -0.05) is 109 Å². The molecule has 0 rings (SSSR count). The lowest BCUT2D eigenvalue weighted by Gasteiger charge is -1.96. The fourth-order valence-corrected chi connectivity index (χ4v) is 3.13. The van der Waals surface area contributed by atoms with E-state index in [4.69, 9.17) is 0 Å². The van der Waals surface area contributed by atoms with Crippen molar-refractivity contribution in [1.82, 2.24) is 0 Å². The summed E-state index contributed by atoms with van der Waals surface area (Å²) in [4.78, 5) is 0. The highest BCUT2D eigenvalue weighted by molar-refractivity contribution is 14.1. The van der Waals surface area contributed by atoms with Crippen molar-refractivity contribution < 1.29 is 0 Å². The lowest BCUT2D eigenvalue weighted by Crippen LogP contribution is -1.80. The molecule has 4 heteroatoms. The van der Waals surface area contributed by atoms with E-state index in [0.29, 0.717) is 0 Å². The first-order chi connectivity index (χ1) is 8.33. The fourth-order valence-electron chi connectivity index (χ4n) is 1.26. The fraction of sp³-hybridized carbons (Fsp3) is 1.00. The van der Waals surface area contributed by atoms with E-state index >= 15 is 0 Å². The van der Waals surface area contributed by atoms with Gasteiger partial charge in [0.15, 0.2) is 0 Å². The second kappa shape index (κ2) is 23.5. The molecule has 0 aromatic carbocycles. The molecule has 0 aromatic rings. The molecule has 17 heavy (non-hydrogen) atoms. The number of rotatable bonds is 11. The molecule has 0 unspecified atom stereocenters. The first kappa shape index (κ1) is 21.7. The molecule has 0 radical (unpaired) electrons. The van der Waals surface area contributed by atoms with Gasteiger partial charge in [-0.3, -0.25) is 0 Å². The van der Waals surface area contributed by atoms with Gasteiger partial charge in [-0.2, -0.15) is 0 Å². The van der Waals surface area contributed by atoms with Gasteiger partial charge in [-0.15, -0.1) is 0 Å². The van der Waals surface area contributed by atoms with Crippen molar-refractivity contribution in [2.75, 3.05) is 19.5 Å². The van der Waals surface area contributed by atoms with Crippen LogP contribution in [0.4, 0.5) is 0 Å². The summed E-state index contributed by atoms with van der Waals surface area (Å²) in [6, 6.07) is 0. The summed E-state index contributed by atoms with van der Waals surface area (Å²) in [5, 5.41) is 2.34. The average Bonchev–Trinajstić information content (AvgIpc) is 2.35. The maximum Gasteiger partial charge on any atom is 0.00313 e. The third-order valence-corrected chi connectivity index (χ3v) is 4.93. The molecule has 0 atom stereocenters. The summed E-state index contributed by atoms with van der Waals surface area (Å²) in [5.41, 5.74) is 0. The largest absolute Gasteiger partial charge is 0.0928 e. The Morgan fingerprint density at radius 2 is 0.765 bits per heavy atom. The normalized spacial score (nSPS) is 9.88. The van der Waals surface area contributed by atoms with Crippen LogP contribution in [0.2, 0.25) is 0 Å². The number of unbranched alkanes of at least 4 members (excludes halogenated alkanes) is 7. The number of hydrogen-bond acceptors (Lipinski definition) is 0. The molecule has 0 amide bonds. The molecule has 0 bridgehead atoms. The second-order valence-electron chi connectivity index (χ2n) is 3.94. The summed E-state index contributed by atoms with van der Waals surface area (Å²) in [6.45, 7) is 0. The maximum atomic E-state index is 3.42. The van der Waals surface area contributed by atoms with Gasteiger partial charge < -0.3 is 0 Å². The van der Waals surface area contributed by atoms with Crippen molar-refractivity contribution in [3.05, 3.63) is 0 Å². The van der Waals surface area contributed by atoms with Gasteiger partial charge in [0.05, 0.1) is 0 Å². The van der Waals surface area contributed by atoms with E-state index < -0.39 is 0 Å². The quantitative estimate of drug-likeness (QED) is 0.135. The Morgan fingerprint density at radius 1 is 0.471 bits per heavy atom. The lowest BCUT2D eigenvalue weighted by molar-refractivity contribution is 0.631. The predicted molar refractivity (Wildman–Crippen MR) is 107 cm³/mol. The van der Waals surface area contributed by atoms with Gasteiger partial charge in [0.25, 0.3) is 0 Å². The smallest absolute Gasteiger partial charge is 0.00313 e. The van der Waals surface area contributed by atoms with Crippen molar-refractivity contribution >= 4 is 77.0 Å². The van der Waals surface area contributed by atoms with Crippen molar-refractivity contribution in [2.45, 2.75) is 57.8 Å². The third kappa shape index (κ3) is 27.6. The van der Waals surface area contributed by atoms with Crippen molar-refractivity contribution in [2.24, 2.45) is 0 Å². The molecule has 0 aliphatic carbocycles. The zero-order valence-corrected chi connectivity index (χ0v) is 18.2. The van der Waals surface area contributed by atoms with Crippen LogP contribution in [0, 0.1) is 0 Å². The van der Waals surface area contributed by atoms with E-state index in [0.717, 1.165) is 0 Å². The second-order valence-corrected chi connectivity index (χ2v) is 7.68. The van der Waals surface area contributed by atoms with Crippen LogP contribution in [-0.4, -0.2) is 19.5 Å². The van der Waals surface area contributed by atoms with Crippen molar-refractivity contribution in [3.63, 3.8) is 0 Å². The molecular formula is C13H26Br2I2. The minimum Gasteiger partial charge on any atom is -0.0928 e. The van der Waals surface area contributed by atoms with Crippen LogP contribution in [-0.2, 0) is 0 Å². The van der Waals surface area contributed by atoms with E-state index in [1.54, 1.807) is 0 Å². The molecule has 0 nitrogen and oxygen atoms in total. The van der Waals surface area contributed by atoms with Crippen LogP contribution in [0.1, 0.15) is 57.8 Å². The summed E-state index contributed by atoms with van der Waals surface area (Å²) in [6.07, 6.45) is 12.5. The summed E-state index contributed by atoms with van der Waals surface area (Å²) >= 11 is 11.7. The Kier molecular flexibility index (Phi) is 30.0. The highest BCUT2D eigenvalue weighted by atomic mass is 127. The van der Waals surface area contributed by atoms with Gasteiger partial charge in [0, 0.05) is 10.7 Å². The molecule has 0 aliphatic rings. The van der Waals surface area contributed by atoms with Crippen LogP contribution in [0.25, 0.3) is 0 Å². The molecular weight excluding hydrogens is 570 g/mol. The highest BCUT2D eigenvalue weighted by Gasteiger charge is 1.88. The van der Waals surface area contributed by atoms with E-state index in [1.807, 2.05) is 0 Å². The molecule has 0 spiro atoms. The minimum atomic E-state index is 1.17. The molecule has 0 heterocycles. The number of halogens is 4. The maximum absolute atomic E-state index is 3.42. The summed E-state index contributed by atoms with van der Waals surface area (Å²) < 4.78 is 2.66. The summed E-state index contributed by atoms with van der Waals surface area (Å²) in [5.74, 6) is 0. The Morgan fingerprint density at radius 3 is 1.06 bits per heavy atom. The predicted octanol–water partition coefficient (Wildman–Crippen LogP) is 7.14. The first-order valence-electron chi connectivity index (χ1n) is 6.57. The zero-order chi connectivity index (χ0) is 13.2. The molecule has 106 valence electrons. The van der Waals surface area contributed by atoms with E-state index in [9.17, 15) is 0 Å². The average molecular weight is 596 g/mol. The Bertz CT molecular complexity index is 102. The first-order valence-corrected chi connectivity index (χ1v) is 11.9. The Labute approximate surface area is 152 Å². The topological polar surface area (TPSA) is 0 Å². The van der Waals surface area contributed by atoms with Gasteiger partial charge in [0.2, 0.25) is 0 Å². The molecule has 0 aromatic heterocycles. The minimum absolute atomic E-state index is 1.17. The highest BCUT2D eigenvalue weighted by Crippen LogP contribution is 2.07. The van der Waals surface area contributed by atoms with Crippen LogP contribution < -0.4 is 0 Å². The van der Waals surface area contributed by atoms with Crippen LogP contribution >= 0.6 is 77.0 Å². The van der Waals surface area contributed by atoms with Gasteiger partial charge in [0.1, 0.15) is 0 Å². The van der Waals surface area contributed by atoms with E-state index in [1.165, 1.54) is 77.3 Å². The van der Waals surface area contributed by atoms with Gasteiger partial charge >= 0.3 is 0 Å². The van der Waals surface area contributed by atoms with Crippen molar-refractivity contribution in [3.8, 4) is 0 Å². The number of hydrogen-bond donors (Lipinski definition) is 0. The van der Waals surface area contributed by atoms with E-state index in [2.05, 4.69) is 77.0 Å². The van der Waals surface area contributed by atoms with Crippen molar-refractivity contribution in [1.29, 1.82) is 0 Å². The lowest BCUT2D eigenvalue weighted by atomic mass is 10.1. The van der Waals surface area contributed by atoms with Crippen LogP contribution in [0.3, 0.4) is 0 Å².